The Kier molecular flexibility index (Phi) is 3.85. The van der Waals surface area contributed by atoms with Gasteiger partial charge in [-0.3, -0.25) is 9.59 Å². The largest absolute Gasteiger partial charge is 0.368 e. The maximum absolute atomic E-state index is 11.6. The third-order valence-electron chi connectivity index (χ3n) is 1.99. The van der Waals surface area contributed by atoms with E-state index in [1.165, 1.54) is 4.90 Å². The first kappa shape index (κ1) is 11.2. The lowest BCUT2D eigenvalue weighted by atomic mass is 10.2. The van der Waals surface area contributed by atoms with Gasteiger partial charge in [-0.2, -0.15) is 0 Å². The van der Waals surface area contributed by atoms with Crippen molar-refractivity contribution in [2.75, 3.05) is 11.4 Å². The number of rotatable bonds is 4. The van der Waals surface area contributed by atoms with Gasteiger partial charge in [0.15, 0.2) is 0 Å². The van der Waals surface area contributed by atoms with Crippen molar-refractivity contribution in [2.24, 2.45) is 5.73 Å². The Hall–Kier alpha value is -1.84. The van der Waals surface area contributed by atoms with E-state index >= 15 is 0 Å². The fraction of sp³-hybridized carbons (Fsp3) is 0.273. The second-order valence-electron chi connectivity index (χ2n) is 3.14. The molecule has 0 atom stereocenters. The van der Waals surface area contributed by atoms with Crippen molar-refractivity contribution in [3.63, 3.8) is 0 Å². The highest BCUT2D eigenvalue weighted by Crippen LogP contribution is 2.13. The van der Waals surface area contributed by atoms with Gasteiger partial charge in [-0.05, 0) is 12.1 Å². The molecular formula is C11H14N2O2. The van der Waals surface area contributed by atoms with E-state index in [2.05, 4.69) is 0 Å². The number of para-hydroxylation sites is 1. The van der Waals surface area contributed by atoms with Gasteiger partial charge in [-0.25, -0.2) is 0 Å². The van der Waals surface area contributed by atoms with Crippen LogP contribution in [0.5, 0.6) is 0 Å². The zero-order valence-corrected chi connectivity index (χ0v) is 8.64. The quantitative estimate of drug-likeness (QED) is 0.796. The van der Waals surface area contributed by atoms with Crippen molar-refractivity contribution in [3.8, 4) is 0 Å². The van der Waals surface area contributed by atoms with Gasteiger partial charge in [0.05, 0.1) is 0 Å². The number of carbonyl (C=O) groups excluding carboxylic acids is 2. The Morgan fingerprint density at radius 3 is 2.33 bits per heavy atom. The molecule has 0 spiro atoms. The average Bonchev–Trinajstić information content (AvgIpc) is 2.26. The molecule has 1 rings (SSSR count). The molecule has 4 nitrogen and oxygen atoms in total. The van der Waals surface area contributed by atoms with Crippen LogP contribution in [0.25, 0.3) is 0 Å². The summed E-state index contributed by atoms with van der Waals surface area (Å²) in [5.74, 6) is -0.624. The number of hydrogen-bond donors (Lipinski definition) is 1. The third-order valence-corrected chi connectivity index (χ3v) is 1.99. The van der Waals surface area contributed by atoms with Crippen LogP contribution in [0.2, 0.25) is 0 Å². The molecule has 1 aromatic carbocycles. The van der Waals surface area contributed by atoms with E-state index in [1.807, 2.05) is 18.2 Å². The van der Waals surface area contributed by atoms with Crippen molar-refractivity contribution in [1.29, 1.82) is 0 Å². The van der Waals surface area contributed by atoms with Crippen LogP contribution in [0.1, 0.15) is 13.3 Å². The molecule has 4 heteroatoms. The summed E-state index contributed by atoms with van der Waals surface area (Å²) in [6.45, 7) is 1.68. The first-order chi connectivity index (χ1) is 7.15. The zero-order valence-electron chi connectivity index (χ0n) is 8.64. The van der Waals surface area contributed by atoms with E-state index in [0.717, 1.165) is 0 Å². The molecule has 0 saturated heterocycles. The van der Waals surface area contributed by atoms with Crippen molar-refractivity contribution >= 4 is 17.5 Å². The van der Waals surface area contributed by atoms with Gasteiger partial charge >= 0.3 is 0 Å². The molecule has 0 aromatic heterocycles. The number of amides is 2. The molecule has 0 aliphatic heterocycles. The summed E-state index contributed by atoms with van der Waals surface area (Å²) in [6.07, 6.45) is 0.349. The summed E-state index contributed by atoms with van der Waals surface area (Å²) < 4.78 is 0. The molecule has 2 N–H and O–H groups in total. The van der Waals surface area contributed by atoms with Crippen LogP contribution in [0.3, 0.4) is 0 Å². The van der Waals surface area contributed by atoms with Crippen molar-refractivity contribution < 1.29 is 9.59 Å². The molecule has 0 saturated carbocycles. The SMILES string of the molecule is CCC(=O)N(CC(N)=O)c1ccccc1. The number of hydrogen-bond acceptors (Lipinski definition) is 2. The lowest BCUT2D eigenvalue weighted by molar-refractivity contribution is -0.122. The fourth-order valence-electron chi connectivity index (χ4n) is 1.28. The summed E-state index contributed by atoms with van der Waals surface area (Å²) >= 11 is 0. The van der Waals surface area contributed by atoms with Crippen molar-refractivity contribution in [2.45, 2.75) is 13.3 Å². The normalized spacial score (nSPS) is 9.67. The first-order valence-corrected chi connectivity index (χ1v) is 4.79. The van der Waals surface area contributed by atoms with Crippen LogP contribution in [0, 0.1) is 0 Å². The number of primary amides is 1. The number of nitrogens with zero attached hydrogens (tertiary/aromatic N) is 1. The third kappa shape index (κ3) is 3.09. The van der Waals surface area contributed by atoms with E-state index in [9.17, 15) is 9.59 Å². The molecule has 0 bridgehead atoms. The van der Waals surface area contributed by atoms with E-state index in [0.29, 0.717) is 12.1 Å². The zero-order chi connectivity index (χ0) is 11.3. The Morgan fingerprint density at radius 2 is 1.87 bits per heavy atom. The lowest BCUT2D eigenvalue weighted by Gasteiger charge is -2.20. The van der Waals surface area contributed by atoms with Crippen LogP contribution >= 0.6 is 0 Å². The predicted molar refractivity (Wildman–Crippen MR) is 58.3 cm³/mol. The minimum atomic E-state index is -0.513. The molecule has 0 radical (unpaired) electrons. The number of anilines is 1. The molecule has 0 fully saturated rings. The fourth-order valence-corrected chi connectivity index (χ4v) is 1.28. The number of benzene rings is 1. The van der Waals surface area contributed by atoms with Crippen LogP contribution in [-0.4, -0.2) is 18.4 Å². The highest BCUT2D eigenvalue weighted by Gasteiger charge is 2.15. The average molecular weight is 206 g/mol. The molecule has 0 heterocycles. The topological polar surface area (TPSA) is 63.4 Å². The van der Waals surface area contributed by atoms with Gasteiger partial charge in [0.2, 0.25) is 11.8 Å². The molecule has 80 valence electrons. The lowest BCUT2D eigenvalue weighted by Crippen LogP contribution is -2.38. The molecule has 1 aromatic rings. The number of nitrogens with two attached hydrogens (primary N) is 1. The molecule has 15 heavy (non-hydrogen) atoms. The maximum Gasteiger partial charge on any atom is 0.237 e. The Morgan fingerprint density at radius 1 is 1.27 bits per heavy atom. The Labute approximate surface area is 88.7 Å². The van der Waals surface area contributed by atoms with Gasteiger partial charge in [0.1, 0.15) is 6.54 Å². The van der Waals surface area contributed by atoms with E-state index in [-0.39, 0.29) is 12.5 Å². The summed E-state index contributed by atoms with van der Waals surface area (Å²) in [6, 6.07) is 9.02. The second kappa shape index (κ2) is 5.14. The minimum Gasteiger partial charge on any atom is -0.368 e. The Bertz CT molecular complexity index is 349. The van der Waals surface area contributed by atoms with Gasteiger partial charge < -0.3 is 10.6 Å². The summed E-state index contributed by atoms with van der Waals surface area (Å²) in [5, 5.41) is 0. The highest BCUT2D eigenvalue weighted by atomic mass is 16.2. The van der Waals surface area contributed by atoms with Crippen LogP contribution < -0.4 is 10.6 Å². The summed E-state index contributed by atoms with van der Waals surface area (Å²) in [7, 11) is 0. The predicted octanol–water partition coefficient (Wildman–Crippen LogP) is 0.915. The molecular weight excluding hydrogens is 192 g/mol. The number of carbonyl (C=O) groups is 2. The van der Waals surface area contributed by atoms with Gasteiger partial charge in [0, 0.05) is 12.1 Å². The summed E-state index contributed by atoms with van der Waals surface area (Å²) in [5.41, 5.74) is 5.79. The van der Waals surface area contributed by atoms with Crippen molar-refractivity contribution in [3.05, 3.63) is 30.3 Å². The van der Waals surface area contributed by atoms with Crippen molar-refractivity contribution in [1.82, 2.24) is 0 Å². The van der Waals surface area contributed by atoms with Crippen LogP contribution in [0.15, 0.2) is 30.3 Å². The highest BCUT2D eigenvalue weighted by molar-refractivity contribution is 5.98. The smallest absolute Gasteiger partial charge is 0.237 e. The second-order valence-corrected chi connectivity index (χ2v) is 3.14. The van der Waals surface area contributed by atoms with Gasteiger partial charge in [0.25, 0.3) is 0 Å². The van der Waals surface area contributed by atoms with E-state index in [4.69, 9.17) is 5.73 Å². The van der Waals surface area contributed by atoms with Crippen LogP contribution in [0.4, 0.5) is 5.69 Å². The standard InChI is InChI=1S/C11H14N2O2/c1-2-11(15)13(8-10(12)14)9-6-4-3-5-7-9/h3-7H,2,8H2,1H3,(H2,12,14). The molecule has 0 aliphatic carbocycles. The van der Waals surface area contributed by atoms with Gasteiger partial charge in [-0.1, -0.05) is 25.1 Å². The molecule has 2 amide bonds. The maximum atomic E-state index is 11.6. The van der Waals surface area contributed by atoms with E-state index in [1.54, 1.807) is 19.1 Å². The minimum absolute atomic E-state index is 0.0727. The Balaban J connectivity index is 2.91. The molecule has 0 aliphatic rings. The molecule has 0 unspecified atom stereocenters. The first-order valence-electron chi connectivity index (χ1n) is 4.79. The van der Waals surface area contributed by atoms with E-state index < -0.39 is 5.91 Å². The monoisotopic (exact) mass is 206 g/mol. The van der Waals surface area contributed by atoms with Crippen LogP contribution in [-0.2, 0) is 9.59 Å². The van der Waals surface area contributed by atoms with Gasteiger partial charge in [-0.15, -0.1) is 0 Å². The summed E-state index contributed by atoms with van der Waals surface area (Å²) in [4.78, 5) is 23.8.